The van der Waals surface area contributed by atoms with Crippen molar-refractivity contribution in [3.8, 4) is 46.0 Å². The lowest BCUT2D eigenvalue weighted by molar-refractivity contribution is -0.125. The summed E-state index contributed by atoms with van der Waals surface area (Å²) < 4.78 is 51.5. The summed E-state index contributed by atoms with van der Waals surface area (Å²) in [6.45, 7) is 14.4. The fraction of sp³-hybridized carbons (Fsp3) is 0.279. The van der Waals surface area contributed by atoms with Crippen LogP contribution in [0.25, 0.3) is 43.1 Å². The van der Waals surface area contributed by atoms with E-state index in [1.807, 2.05) is 185 Å². The van der Waals surface area contributed by atoms with Crippen LogP contribution in [-0.2, 0) is 41.4 Å². The summed E-state index contributed by atoms with van der Waals surface area (Å²) in [5, 5.41) is 8.56. The number of fused-ring (bicyclic) bond motifs is 2. The average Bonchev–Trinajstić information content (AvgIpc) is 0.805. The Hall–Kier alpha value is -11.1. The highest BCUT2D eigenvalue weighted by Crippen LogP contribution is 2.58. The Balaban J connectivity index is 0.911. The zero-order chi connectivity index (χ0) is 72.4. The molecule has 20 nitrogen and oxygen atoms in total. The molecular weight excluding hydrogens is 1340 g/mol. The van der Waals surface area contributed by atoms with E-state index in [2.05, 4.69) is 20.4 Å². The first-order valence-electron chi connectivity index (χ1n) is 36.3. The van der Waals surface area contributed by atoms with Crippen molar-refractivity contribution < 1.29 is 66.7 Å². The molecular formula is C86H78N6O14. The van der Waals surface area contributed by atoms with Crippen LogP contribution in [0, 0.1) is 27.7 Å². The number of benzene rings is 11. The van der Waals surface area contributed by atoms with Crippen LogP contribution in [0.2, 0.25) is 0 Å². The van der Waals surface area contributed by atoms with Crippen LogP contribution in [0.1, 0.15) is 74.8 Å². The topological polar surface area (TPSA) is 226 Å². The van der Waals surface area contributed by atoms with E-state index in [1.54, 1.807) is 24.3 Å². The molecule has 0 aliphatic carbocycles. The van der Waals surface area contributed by atoms with E-state index < -0.39 is 47.5 Å². The Morgan fingerprint density at radius 1 is 0.377 bits per heavy atom. The van der Waals surface area contributed by atoms with Crippen molar-refractivity contribution in [1.82, 2.24) is 30.2 Å². The van der Waals surface area contributed by atoms with Gasteiger partial charge in [0, 0.05) is 108 Å². The van der Waals surface area contributed by atoms with Gasteiger partial charge in [0.25, 0.3) is 23.6 Å². The molecule has 0 bridgehead atoms. The zero-order valence-corrected chi connectivity index (χ0v) is 59.2. The Morgan fingerprint density at radius 3 is 0.877 bits per heavy atom. The normalized spacial score (nSPS) is 18.3. The van der Waals surface area contributed by atoms with Gasteiger partial charge in [-0.15, -0.1) is 0 Å². The van der Waals surface area contributed by atoms with Gasteiger partial charge in [-0.25, -0.2) is 0 Å². The highest BCUT2D eigenvalue weighted by Gasteiger charge is 2.47. The number of amides is 6. The van der Waals surface area contributed by atoms with Gasteiger partial charge in [0.05, 0.1) is 73.1 Å². The van der Waals surface area contributed by atoms with Crippen molar-refractivity contribution >= 4 is 78.5 Å². The number of hydrogen-bond acceptors (Lipinski definition) is 16. The number of aryl methyl sites for hydroxylation is 4. The van der Waals surface area contributed by atoms with Gasteiger partial charge in [0.1, 0.15) is 58.1 Å². The largest absolute Gasteiger partial charge is 0.457 e. The van der Waals surface area contributed by atoms with Crippen molar-refractivity contribution in [2.24, 2.45) is 0 Å². The highest BCUT2D eigenvalue weighted by molar-refractivity contribution is 6.45. The van der Waals surface area contributed by atoms with Gasteiger partial charge in [0.15, 0.2) is 0 Å². The molecule has 0 saturated carbocycles. The summed E-state index contributed by atoms with van der Waals surface area (Å²) in [7, 11) is 0. The smallest absolute Gasteiger partial charge is 0.262 e. The highest BCUT2D eigenvalue weighted by atomic mass is 16.6. The first-order valence-corrected chi connectivity index (χ1v) is 36.3. The predicted octanol–water partition coefficient (Wildman–Crippen LogP) is 13.0. The summed E-state index contributed by atoms with van der Waals surface area (Å²) in [5.41, 5.74) is 5.32. The molecule has 4 saturated heterocycles. The van der Waals surface area contributed by atoms with E-state index in [1.165, 1.54) is 0 Å². The summed E-state index contributed by atoms with van der Waals surface area (Å²) in [5.74, 6) is -2.21. The van der Waals surface area contributed by atoms with Crippen LogP contribution in [0.15, 0.2) is 182 Å². The van der Waals surface area contributed by atoms with E-state index in [0.717, 1.165) is 32.1 Å². The maximum absolute atomic E-state index is 16.5. The van der Waals surface area contributed by atoms with Crippen molar-refractivity contribution in [3.63, 3.8) is 0 Å². The Labute approximate surface area is 611 Å². The molecule has 6 aliphatic rings. The van der Waals surface area contributed by atoms with Gasteiger partial charge in [-0.2, -0.15) is 0 Å². The molecule has 6 unspecified atom stereocenters. The number of carbonyl (C=O) groups is 6. The maximum atomic E-state index is 16.5. The third-order valence-corrected chi connectivity index (χ3v) is 20.6. The fourth-order valence-electron chi connectivity index (χ4n) is 14.9. The predicted molar refractivity (Wildman–Crippen MR) is 399 cm³/mol. The number of rotatable bonds is 30. The molecule has 11 aromatic rings. The van der Waals surface area contributed by atoms with Crippen LogP contribution >= 0.6 is 0 Å². The second-order valence-corrected chi connectivity index (χ2v) is 28.6. The molecule has 20 heteroatoms. The lowest BCUT2D eigenvalue weighted by Crippen LogP contribution is -2.55. The summed E-state index contributed by atoms with van der Waals surface area (Å²) in [4.78, 5) is 103. The second-order valence-electron chi connectivity index (χ2n) is 28.6. The number of epoxide rings is 4. The van der Waals surface area contributed by atoms with Gasteiger partial charge >= 0.3 is 0 Å². The molecule has 2 N–H and O–H groups in total. The van der Waals surface area contributed by atoms with Crippen LogP contribution < -0.4 is 29.6 Å². The van der Waals surface area contributed by atoms with E-state index in [9.17, 15) is 0 Å². The quantitative estimate of drug-likeness (QED) is 0.0185. The van der Waals surface area contributed by atoms with Crippen LogP contribution in [0.4, 0.5) is 0 Å². The van der Waals surface area contributed by atoms with Gasteiger partial charge in [-0.3, -0.25) is 48.4 Å². The molecule has 17 rings (SSSR count). The molecule has 0 radical (unpaired) electrons. The average molecular weight is 1420 g/mol. The monoisotopic (exact) mass is 1420 g/mol. The summed E-state index contributed by atoms with van der Waals surface area (Å²) in [6, 6.07) is 52.0. The molecule has 0 aromatic heterocycles. The minimum absolute atomic E-state index is 0.0332. The van der Waals surface area contributed by atoms with Gasteiger partial charge < -0.3 is 48.5 Å². The van der Waals surface area contributed by atoms with E-state index in [-0.39, 0.29) is 106 Å². The minimum Gasteiger partial charge on any atom is -0.457 e. The van der Waals surface area contributed by atoms with Crippen molar-refractivity contribution in [3.05, 3.63) is 238 Å². The summed E-state index contributed by atoms with van der Waals surface area (Å²) >= 11 is 0. The number of ether oxygens (including phenoxy) is 8. The Morgan fingerprint density at radius 2 is 0.632 bits per heavy atom. The van der Waals surface area contributed by atoms with Crippen LogP contribution in [0.3, 0.4) is 0 Å². The number of hydrogen-bond donors (Lipinski definition) is 2. The van der Waals surface area contributed by atoms with Gasteiger partial charge in [0.2, 0.25) is 11.8 Å². The Bertz CT molecular complexity index is 4680. The Kier molecular flexibility index (Phi) is 18.2. The molecule has 0 spiro atoms. The lowest BCUT2D eigenvalue weighted by Gasteiger charge is -2.36. The number of imide groups is 2. The standard InChI is InChI=1S/C86H78N6O14/c1-49-15-23-55(24-16-49)103-69-37-63-73-64(84(96)91(83(63)95)67(35-53-11-7-5-8-12-53)81(93)87-31-33-89(41-59-45-99-59)42-60-46-100-60)39-71(105-57-27-19-51(3)20-28-57)77-78-72(106-58-29-21-52(4)22-30-58)40-66-74-65(38-70(76(80(74)78)75(69)79(73)77)104-56-25-17-50(2)18-26-56)85(97)92(86(66)98)68(36-54-13-9-6-10-14-54)82(94)88-32-34-90(43-61-47-101-61)44-62-48-102-62/h5-30,37-40,59-62,67-68H,31-36,41-48H2,1-4H3,(H,87,93)(H,88,94). The summed E-state index contributed by atoms with van der Waals surface area (Å²) in [6.07, 6.45) is 0.286. The number of nitrogens with one attached hydrogen (secondary N) is 2. The first-order chi connectivity index (χ1) is 51.6. The second kappa shape index (κ2) is 28.4. The number of carbonyl (C=O) groups excluding carboxylic acids is 6. The number of nitrogens with zero attached hydrogens (tertiary/aromatic N) is 4. The lowest BCUT2D eigenvalue weighted by atomic mass is 9.80. The van der Waals surface area contributed by atoms with Gasteiger partial charge in [-0.05, 0) is 112 Å². The fourth-order valence-corrected chi connectivity index (χ4v) is 14.9. The molecule has 6 heterocycles. The van der Waals surface area contributed by atoms with Gasteiger partial charge in [-0.1, -0.05) is 131 Å². The molecule has 106 heavy (non-hydrogen) atoms. The maximum Gasteiger partial charge on any atom is 0.262 e. The molecule has 4 fully saturated rings. The van der Waals surface area contributed by atoms with E-state index in [0.29, 0.717) is 132 Å². The SMILES string of the molecule is Cc1ccc(Oc2cc3c4c(cc(Oc5ccc(C)cc5)c5c6c(Oc7ccc(C)cc7)cc7c8c(cc(Oc9ccc(C)cc9)c(c2c45)c86)C(=O)N(C(Cc2ccccc2)C(=O)NCCN(CC2CO2)CC2CO2)C7=O)C(=O)N(C(Cc2ccccc2)C(=O)NCCN(CC2CO2)CC2CO2)C3=O)cc1. The molecule has 6 aliphatic heterocycles. The third-order valence-electron chi connectivity index (χ3n) is 20.6. The van der Waals surface area contributed by atoms with Crippen LogP contribution in [-0.4, -0.2) is 170 Å². The third kappa shape index (κ3) is 14.0. The van der Waals surface area contributed by atoms with Crippen molar-refractivity contribution in [2.45, 2.75) is 77.0 Å². The van der Waals surface area contributed by atoms with E-state index >= 15 is 28.8 Å². The van der Waals surface area contributed by atoms with Crippen molar-refractivity contribution in [1.29, 1.82) is 0 Å². The molecule has 536 valence electrons. The zero-order valence-electron chi connectivity index (χ0n) is 59.2. The van der Waals surface area contributed by atoms with E-state index in [4.69, 9.17) is 37.9 Å². The first kappa shape index (κ1) is 68.0. The van der Waals surface area contributed by atoms with Crippen molar-refractivity contribution in [2.75, 3.05) is 78.8 Å². The minimum atomic E-state index is -1.38. The molecule has 6 atom stereocenters. The molecule has 6 amide bonds. The molecule has 11 aromatic carbocycles. The van der Waals surface area contributed by atoms with Crippen LogP contribution in [0.5, 0.6) is 46.0 Å².